The maximum Gasteiger partial charge on any atom is 0.322 e. The quantitative estimate of drug-likeness (QED) is 0.293. The third kappa shape index (κ3) is 7.17. The number of Topliss-reactive ketones (excluding diaryl/α,β-unsaturated/α-hetero) is 1. The van der Waals surface area contributed by atoms with Crippen LogP contribution in [-0.2, 0) is 28.6 Å². The van der Waals surface area contributed by atoms with E-state index in [9.17, 15) is 18.0 Å². The average Bonchev–Trinajstić information content (AvgIpc) is 2.31. The molecule has 22 heavy (non-hydrogen) atoms. The van der Waals surface area contributed by atoms with Crippen LogP contribution in [0.3, 0.4) is 0 Å². The predicted molar refractivity (Wildman–Crippen MR) is 83.8 cm³/mol. The number of ether oxygens (including phenoxy) is 1. The Kier molecular flexibility index (Phi) is 6.96. The number of carbonyl (C=O) groups is 2. The molecule has 0 aromatic heterocycles. The first-order chi connectivity index (χ1) is 9.69. The number of carbonyl (C=O) groups excluding carboxylic acids is 2. The molecule has 0 rings (SSSR count). The fourth-order valence-electron chi connectivity index (χ4n) is 1.26. The molecule has 0 saturated carbocycles. The summed E-state index contributed by atoms with van der Waals surface area (Å²) in [6.07, 6.45) is 0.256. The molecule has 0 spiro atoms. The van der Waals surface area contributed by atoms with E-state index in [-0.39, 0.29) is 12.2 Å². The SMILES string of the molecule is C=C(C)CCS(=O)(=O)OCC(C)(C(C)=O)C(=O)OC(C)(C)C. The number of ketones is 1. The van der Waals surface area contributed by atoms with Crippen LogP contribution < -0.4 is 0 Å². The van der Waals surface area contributed by atoms with E-state index in [0.29, 0.717) is 5.57 Å². The van der Waals surface area contributed by atoms with E-state index in [1.165, 1.54) is 13.8 Å². The third-order valence-electron chi connectivity index (χ3n) is 2.93. The topological polar surface area (TPSA) is 86.7 Å². The minimum atomic E-state index is -3.84. The Morgan fingerprint density at radius 2 is 1.59 bits per heavy atom. The van der Waals surface area contributed by atoms with Gasteiger partial charge in [0, 0.05) is 0 Å². The first-order valence-electron chi connectivity index (χ1n) is 6.95. The number of allylic oxidation sites excluding steroid dienone is 1. The minimum absolute atomic E-state index is 0.245. The van der Waals surface area contributed by atoms with E-state index in [1.807, 2.05) is 0 Å². The predicted octanol–water partition coefficient (Wildman–Crippen LogP) is 2.24. The molecule has 0 aliphatic heterocycles. The second kappa shape index (κ2) is 7.37. The first kappa shape index (κ1) is 20.8. The van der Waals surface area contributed by atoms with Crippen LogP contribution in [0.5, 0.6) is 0 Å². The van der Waals surface area contributed by atoms with E-state index in [4.69, 9.17) is 8.92 Å². The molecule has 0 heterocycles. The van der Waals surface area contributed by atoms with Crippen molar-refractivity contribution in [3.05, 3.63) is 12.2 Å². The second-order valence-corrected chi connectivity index (χ2v) is 8.38. The smallest absolute Gasteiger partial charge is 0.322 e. The van der Waals surface area contributed by atoms with Gasteiger partial charge in [-0.2, -0.15) is 8.42 Å². The molecule has 0 aliphatic rings. The summed E-state index contributed by atoms with van der Waals surface area (Å²) < 4.78 is 33.6. The normalized spacial score (nSPS) is 15.0. The van der Waals surface area contributed by atoms with Crippen LogP contribution in [0.15, 0.2) is 12.2 Å². The van der Waals surface area contributed by atoms with Crippen LogP contribution in [0.1, 0.15) is 48.0 Å². The molecule has 0 fully saturated rings. The summed E-state index contributed by atoms with van der Waals surface area (Å²) in [5.41, 5.74) is -1.75. The number of hydrogen-bond donors (Lipinski definition) is 0. The monoisotopic (exact) mass is 334 g/mol. The number of esters is 1. The lowest BCUT2D eigenvalue weighted by Gasteiger charge is -2.29. The lowest BCUT2D eigenvalue weighted by molar-refractivity contribution is -0.170. The largest absolute Gasteiger partial charge is 0.459 e. The van der Waals surface area contributed by atoms with E-state index >= 15 is 0 Å². The van der Waals surface area contributed by atoms with Crippen molar-refractivity contribution >= 4 is 21.9 Å². The van der Waals surface area contributed by atoms with Crippen LogP contribution in [0.4, 0.5) is 0 Å². The highest BCUT2D eigenvalue weighted by molar-refractivity contribution is 7.86. The Labute approximate surface area is 133 Å². The van der Waals surface area contributed by atoms with Gasteiger partial charge in [0.05, 0.1) is 12.4 Å². The van der Waals surface area contributed by atoms with Crippen molar-refractivity contribution in [3.63, 3.8) is 0 Å². The van der Waals surface area contributed by atoms with Gasteiger partial charge in [-0.3, -0.25) is 13.8 Å². The molecule has 7 heteroatoms. The summed E-state index contributed by atoms with van der Waals surface area (Å²) in [6, 6.07) is 0. The molecule has 0 aliphatic carbocycles. The first-order valence-corrected chi connectivity index (χ1v) is 8.53. The molecular formula is C15H26O6S. The van der Waals surface area contributed by atoms with Gasteiger partial charge < -0.3 is 4.74 Å². The summed E-state index contributed by atoms with van der Waals surface area (Å²) in [6.45, 7) is 12.3. The maximum atomic E-state index is 12.2. The fraction of sp³-hybridized carbons (Fsp3) is 0.733. The van der Waals surface area contributed by atoms with Gasteiger partial charge in [0.15, 0.2) is 0 Å². The molecule has 0 amide bonds. The summed E-state index contributed by atoms with van der Waals surface area (Å²) in [4.78, 5) is 24.0. The molecular weight excluding hydrogens is 308 g/mol. The highest BCUT2D eigenvalue weighted by Crippen LogP contribution is 2.25. The highest BCUT2D eigenvalue weighted by Gasteiger charge is 2.43. The van der Waals surface area contributed by atoms with Crippen molar-refractivity contribution in [2.45, 2.75) is 53.6 Å². The zero-order valence-corrected chi connectivity index (χ0v) is 15.0. The Bertz CT molecular complexity index is 541. The molecule has 6 nitrogen and oxygen atoms in total. The molecule has 0 saturated heterocycles. The number of hydrogen-bond acceptors (Lipinski definition) is 6. The van der Waals surface area contributed by atoms with Gasteiger partial charge >= 0.3 is 5.97 Å². The summed E-state index contributed by atoms with van der Waals surface area (Å²) in [5, 5.41) is 0. The highest BCUT2D eigenvalue weighted by atomic mass is 32.2. The van der Waals surface area contributed by atoms with Gasteiger partial charge in [0.2, 0.25) is 0 Å². The fourth-order valence-corrected chi connectivity index (χ4v) is 2.39. The minimum Gasteiger partial charge on any atom is -0.459 e. The van der Waals surface area contributed by atoms with Crippen molar-refractivity contribution in [1.29, 1.82) is 0 Å². The molecule has 0 radical (unpaired) electrons. The van der Waals surface area contributed by atoms with Crippen molar-refractivity contribution in [2.24, 2.45) is 5.41 Å². The summed E-state index contributed by atoms with van der Waals surface area (Å²) in [7, 11) is -3.84. The molecule has 0 bridgehead atoms. The Morgan fingerprint density at radius 1 is 1.09 bits per heavy atom. The van der Waals surface area contributed by atoms with Gasteiger partial charge in [-0.15, -0.1) is 6.58 Å². The van der Waals surface area contributed by atoms with E-state index in [0.717, 1.165) is 0 Å². The molecule has 0 aromatic rings. The lowest BCUT2D eigenvalue weighted by atomic mass is 9.87. The van der Waals surface area contributed by atoms with Crippen molar-refractivity contribution in [1.82, 2.24) is 0 Å². The summed E-state index contributed by atoms with van der Waals surface area (Å²) >= 11 is 0. The molecule has 0 N–H and O–H groups in total. The van der Waals surface area contributed by atoms with Gasteiger partial charge in [-0.1, -0.05) is 5.57 Å². The Balaban J connectivity index is 5.02. The van der Waals surface area contributed by atoms with Crippen LogP contribution in [0, 0.1) is 5.41 Å². The Hall–Kier alpha value is -1.21. The number of rotatable bonds is 8. The molecule has 128 valence electrons. The van der Waals surface area contributed by atoms with E-state index in [1.54, 1.807) is 27.7 Å². The average molecular weight is 334 g/mol. The van der Waals surface area contributed by atoms with Crippen molar-refractivity contribution in [2.75, 3.05) is 12.4 Å². The van der Waals surface area contributed by atoms with Crippen LogP contribution >= 0.6 is 0 Å². The standard InChI is InChI=1S/C15H26O6S/c1-11(2)8-9-22(18,19)20-10-15(7,12(3)16)13(17)21-14(4,5)6/h1,8-10H2,2-7H3. The van der Waals surface area contributed by atoms with Gasteiger partial charge in [-0.25, -0.2) is 0 Å². The van der Waals surface area contributed by atoms with Crippen molar-refractivity contribution in [3.8, 4) is 0 Å². The maximum absolute atomic E-state index is 12.2. The zero-order chi connectivity index (χ0) is 17.8. The van der Waals surface area contributed by atoms with Crippen molar-refractivity contribution < 1.29 is 26.9 Å². The third-order valence-corrected chi connectivity index (χ3v) is 4.11. The lowest BCUT2D eigenvalue weighted by Crippen LogP contribution is -2.44. The zero-order valence-electron chi connectivity index (χ0n) is 14.2. The van der Waals surface area contributed by atoms with E-state index in [2.05, 4.69) is 6.58 Å². The van der Waals surface area contributed by atoms with Crippen LogP contribution in [0.2, 0.25) is 0 Å². The molecule has 0 aromatic carbocycles. The van der Waals surface area contributed by atoms with E-state index < -0.39 is 39.5 Å². The molecule has 1 atom stereocenters. The van der Waals surface area contributed by atoms with Crippen LogP contribution in [-0.4, -0.2) is 38.1 Å². The van der Waals surface area contributed by atoms with Gasteiger partial charge in [0.1, 0.15) is 16.8 Å². The Morgan fingerprint density at radius 3 is 1.95 bits per heavy atom. The van der Waals surface area contributed by atoms with Gasteiger partial charge in [0.25, 0.3) is 10.1 Å². The summed E-state index contributed by atoms with van der Waals surface area (Å²) in [5.74, 6) is -1.57. The second-order valence-electron chi connectivity index (χ2n) is 6.62. The molecule has 1 unspecified atom stereocenters. The van der Waals surface area contributed by atoms with Crippen LogP contribution in [0.25, 0.3) is 0 Å². The van der Waals surface area contributed by atoms with Gasteiger partial charge in [-0.05, 0) is 48.0 Å².